The summed E-state index contributed by atoms with van der Waals surface area (Å²) in [6.45, 7) is 0. The van der Waals surface area contributed by atoms with Crippen molar-refractivity contribution in [3.63, 3.8) is 0 Å². The summed E-state index contributed by atoms with van der Waals surface area (Å²) in [4.78, 5) is 10.6. The fourth-order valence-electron chi connectivity index (χ4n) is 9.34. The van der Waals surface area contributed by atoms with Gasteiger partial charge in [-0.2, -0.15) is 4.98 Å². The van der Waals surface area contributed by atoms with Crippen molar-refractivity contribution < 1.29 is 4.42 Å². The molecule has 13 rings (SSSR count). The summed E-state index contributed by atoms with van der Waals surface area (Å²) in [6.07, 6.45) is 0. The van der Waals surface area contributed by atoms with Crippen LogP contribution in [0.15, 0.2) is 174 Å². The molecule has 5 heteroatoms. The molecule has 0 bridgehead atoms. The Morgan fingerprint density at radius 1 is 0.400 bits per heavy atom. The van der Waals surface area contributed by atoms with E-state index < -0.39 is 0 Å². The van der Waals surface area contributed by atoms with Crippen LogP contribution < -0.4 is 0 Å². The quantitative estimate of drug-likeness (QED) is 0.184. The summed E-state index contributed by atoms with van der Waals surface area (Å²) in [5.74, 6) is 1.42. The van der Waals surface area contributed by atoms with Crippen LogP contribution in [0.25, 0.3) is 121 Å². The van der Waals surface area contributed by atoms with Gasteiger partial charge in [0, 0.05) is 43.3 Å². The first-order valence-electron chi connectivity index (χ1n) is 18.7. The van der Waals surface area contributed by atoms with Gasteiger partial charge in [-0.3, -0.25) is 4.57 Å². The number of nitrogens with zero attached hydrogens (tertiary/aromatic N) is 4. The Kier molecular flexibility index (Phi) is 5.57. The third-order valence-corrected chi connectivity index (χ3v) is 11.7. The fourth-order valence-corrected chi connectivity index (χ4v) is 9.34. The van der Waals surface area contributed by atoms with Crippen molar-refractivity contribution in [2.45, 2.75) is 0 Å². The zero-order valence-corrected chi connectivity index (χ0v) is 29.4. The number of benzene rings is 8. The first-order valence-corrected chi connectivity index (χ1v) is 18.7. The van der Waals surface area contributed by atoms with Gasteiger partial charge in [-0.05, 0) is 52.2 Å². The van der Waals surface area contributed by atoms with Crippen LogP contribution in [0.5, 0.6) is 0 Å². The van der Waals surface area contributed by atoms with Gasteiger partial charge in [-0.1, -0.05) is 140 Å². The molecule has 0 aliphatic rings. The van der Waals surface area contributed by atoms with E-state index in [9.17, 15) is 0 Å². The standard InChI is InChI=1S/C50H28N4O/c1-2-12-29(13-3-1)30-22-24-32(25-23-30)48-51-49(45-36-18-8-11-21-42(36)55-50(45)52-48)54-39-20-10-7-17-35(39)44-41(54)28-37-34-16-6-9-19-38(34)53-40-27-26-31-14-4-5-15-33(31)43(40)46(44)47(37)53/h1-28H. The van der Waals surface area contributed by atoms with Crippen LogP contribution in [0.3, 0.4) is 0 Å². The van der Waals surface area contributed by atoms with E-state index in [4.69, 9.17) is 14.4 Å². The van der Waals surface area contributed by atoms with Gasteiger partial charge in [0.15, 0.2) is 11.6 Å². The molecular weight excluding hydrogens is 673 g/mol. The molecule has 0 amide bonds. The molecule has 254 valence electrons. The minimum absolute atomic E-state index is 0.567. The van der Waals surface area contributed by atoms with Gasteiger partial charge >= 0.3 is 0 Å². The van der Waals surface area contributed by atoms with Crippen molar-refractivity contribution in [3.05, 3.63) is 170 Å². The molecule has 0 fully saturated rings. The number of rotatable bonds is 3. The number of hydrogen-bond acceptors (Lipinski definition) is 3. The summed E-state index contributed by atoms with van der Waals surface area (Å²) in [5.41, 5.74) is 10.5. The molecule has 0 spiro atoms. The van der Waals surface area contributed by atoms with Gasteiger partial charge < -0.3 is 8.82 Å². The van der Waals surface area contributed by atoms with E-state index in [0.29, 0.717) is 11.5 Å². The summed E-state index contributed by atoms with van der Waals surface area (Å²) in [5, 5.41) is 11.8. The highest BCUT2D eigenvalue weighted by atomic mass is 16.3. The largest absolute Gasteiger partial charge is 0.437 e. The smallest absolute Gasteiger partial charge is 0.233 e. The number of para-hydroxylation sites is 3. The Balaban J connectivity index is 1.21. The third kappa shape index (κ3) is 3.81. The second kappa shape index (κ2) is 10.6. The van der Waals surface area contributed by atoms with Crippen LogP contribution in [-0.4, -0.2) is 18.9 Å². The van der Waals surface area contributed by atoms with Crippen LogP contribution in [0.4, 0.5) is 0 Å². The van der Waals surface area contributed by atoms with Crippen molar-refractivity contribution in [3.8, 4) is 28.3 Å². The number of fused-ring (bicyclic) bond motifs is 15. The maximum atomic E-state index is 6.57. The summed E-state index contributed by atoms with van der Waals surface area (Å²) < 4.78 is 11.4. The Hall–Kier alpha value is -7.50. The molecule has 0 aliphatic heterocycles. The van der Waals surface area contributed by atoms with E-state index in [-0.39, 0.29) is 0 Å². The van der Waals surface area contributed by atoms with E-state index >= 15 is 0 Å². The molecule has 5 nitrogen and oxygen atoms in total. The fraction of sp³-hybridized carbons (Fsp3) is 0. The van der Waals surface area contributed by atoms with Gasteiger partial charge in [-0.15, -0.1) is 0 Å². The molecule has 0 N–H and O–H groups in total. The average molecular weight is 701 g/mol. The van der Waals surface area contributed by atoms with Crippen LogP contribution in [-0.2, 0) is 0 Å². The molecule has 13 aromatic rings. The van der Waals surface area contributed by atoms with Gasteiger partial charge in [0.25, 0.3) is 0 Å². The molecular formula is C50H28N4O. The molecule has 0 aliphatic carbocycles. The van der Waals surface area contributed by atoms with E-state index in [1.807, 2.05) is 18.2 Å². The highest BCUT2D eigenvalue weighted by Crippen LogP contribution is 2.49. The molecule has 55 heavy (non-hydrogen) atoms. The van der Waals surface area contributed by atoms with Gasteiger partial charge in [-0.25, -0.2) is 4.98 Å². The highest BCUT2D eigenvalue weighted by molar-refractivity contribution is 6.39. The summed E-state index contributed by atoms with van der Waals surface area (Å²) >= 11 is 0. The van der Waals surface area contributed by atoms with E-state index in [0.717, 1.165) is 44.3 Å². The molecule has 0 saturated heterocycles. The van der Waals surface area contributed by atoms with Crippen molar-refractivity contribution in [2.75, 3.05) is 0 Å². The first-order chi connectivity index (χ1) is 27.3. The predicted molar refractivity (Wildman–Crippen MR) is 227 cm³/mol. The minimum Gasteiger partial charge on any atom is -0.437 e. The molecule has 0 saturated carbocycles. The highest BCUT2D eigenvalue weighted by Gasteiger charge is 2.27. The van der Waals surface area contributed by atoms with Crippen molar-refractivity contribution in [2.24, 2.45) is 0 Å². The third-order valence-electron chi connectivity index (χ3n) is 11.7. The average Bonchev–Trinajstić information content (AvgIpc) is 3.99. The van der Waals surface area contributed by atoms with Gasteiger partial charge in [0.05, 0.1) is 33.0 Å². The molecule has 5 heterocycles. The van der Waals surface area contributed by atoms with Crippen LogP contribution in [0, 0.1) is 0 Å². The Labute approximate surface area is 313 Å². The molecule has 0 unspecified atom stereocenters. The van der Waals surface area contributed by atoms with Crippen LogP contribution >= 0.6 is 0 Å². The summed E-state index contributed by atoms with van der Waals surface area (Å²) in [6, 6.07) is 60.5. The zero-order valence-electron chi connectivity index (χ0n) is 29.4. The lowest BCUT2D eigenvalue weighted by atomic mass is 9.98. The second-order valence-corrected chi connectivity index (χ2v) is 14.5. The molecule has 0 radical (unpaired) electrons. The Morgan fingerprint density at radius 3 is 1.91 bits per heavy atom. The molecule has 5 aromatic heterocycles. The van der Waals surface area contributed by atoms with Gasteiger partial charge in [0.1, 0.15) is 5.58 Å². The monoisotopic (exact) mass is 700 g/mol. The topological polar surface area (TPSA) is 48.3 Å². The number of furan rings is 1. The van der Waals surface area contributed by atoms with E-state index in [1.54, 1.807) is 0 Å². The van der Waals surface area contributed by atoms with Crippen molar-refractivity contribution >= 4 is 92.7 Å². The van der Waals surface area contributed by atoms with E-state index in [1.165, 1.54) is 65.2 Å². The lowest BCUT2D eigenvalue weighted by molar-refractivity contribution is 0.653. The van der Waals surface area contributed by atoms with Crippen LogP contribution in [0.1, 0.15) is 0 Å². The lowest BCUT2D eigenvalue weighted by Crippen LogP contribution is -2.02. The number of aromatic nitrogens is 4. The Morgan fingerprint density at radius 2 is 1.05 bits per heavy atom. The number of hydrogen-bond donors (Lipinski definition) is 0. The SMILES string of the molecule is c1ccc(-c2ccc(-c3nc(-n4c5ccccc5c5c6c7c8ccccc8ccc7n7c8ccccc8c(cc54)c67)c4c(n3)oc3ccccc34)cc2)cc1. The molecule has 0 atom stereocenters. The van der Waals surface area contributed by atoms with Gasteiger partial charge in [0.2, 0.25) is 5.71 Å². The predicted octanol–water partition coefficient (Wildman–Crippen LogP) is 13.1. The maximum absolute atomic E-state index is 6.57. The zero-order chi connectivity index (χ0) is 35.8. The van der Waals surface area contributed by atoms with Crippen molar-refractivity contribution in [1.82, 2.24) is 18.9 Å². The summed E-state index contributed by atoms with van der Waals surface area (Å²) in [7, 11) is 0. The first kappa shape index (κ1) is 29.0. The lowest BCUT2D eigenvalue weighted by Gasteiger charge is -2.11. The Bertz CT molecular complexity index is 3700. The van der Waals surface area contributed by atoms with E-state index in [2.05, 4.69) is 161 Å². The second-order valence-electron chi connectivity index (χ2n) is 14.5. The molecule has 8 aromatic carbocycles. The van der Waals surface area contributed by atoms with Crippen molar-refractivity contribution in [1.29, 1.82) is 0 Å². The van der Waals surface area contributed by atoms with Crippen LogP contribution in [0.2, 0.25) is 0 Å². The minimum atomic E-state index is 0.567. The normalized spacial score (nSPS) is 12.4. The maximum Gasteiger partial charge on any atom is 0.233 e.